The molecule has 0 aliphatic carbocycles. The Labute approximate surface area is 178 Å². The molecule has 5 nitrogen and oxygen atoms in total. The maximum atomic E-state index is 13.0. The Bertz CT molecular complexity index is 847. The molecule has 2 amide bonds. The zero-order valence-corrected chi connectivity index (χ0v) is 18.4. The van der Waals surface area contributed by atoms with Crippen LogP contribution in [0.2, 0.25) is 5.02 Å². The zero-order valence-electron chi connectivity index (χ0n) is 17.7. The molecule has 2 aromatic rings. The Balaban J connectivity index is 2.15. The minimum absolute atomic E-state index is 0.166. The molecule has 0 heterocycles. The van der Waals surface area contributed by atoms with E-state index in [1.165, 1.54) is 0 Å². The summed E-state index contributed by atoms with van der Waals surface area (Å²) < 4.78 is 5.67. The van der Waals surface area contributed by atoms with E-state index in [9.17, 15) is 9.59 Å². The molecule has 0 saturated carbocycles. The highest BCUT2D eigenvalue weighted by Gasteiger charge is 2.28. The van der Waals surface area contributed by atoms with Crippen molar-refractivity contribution < 1.29 is 14.3 Å². The van der Waals surface area contributed by atoms with Crippen LogP contribution in [0.25, 0.3) is 0 Å². The predicted octanol–water partition coefficient (Wildman–Crippen LogP) is 4.36. The first-order valence-electron chi connectivity index (χ1n) is 9.61. The second kappa shape index (κ2) is 9.79. The second-order valence-corrected chi connectivity index (χ2v) is 8.53. The van der Waals surface area contributed by atoms with Crippen molar-refractivity contribution in [1.82, 2.24) is 10.2 Å². The van der Waals surface area contributed by atoms with E-state index < -0.39 is 6.04 Å². The van der Waals surface area contributed by atoms with Crippen LogP contribution in [-0.4, -0.2) is 34.9 Å². The lowest BCUT2D eigenvalue weighted by Gasteiger charge is -2.31. The smallest absolute Gasteiger partial charge is 0.261 e. The van der Waals surface area contributed by atoms with Gasteiger partial charge < -0.3 is 15.0 Å². The van der Waals surface area contributed by atoms with Gasteiger partial charge in [-0.05, 0) is 63.9 Å². The Morgan fingerprint density at radius 3 is 2.38 bits per heavy atom. The SMILES string of the molecule is Cc1cc(OCC(=O)N(Cc2ccccc2)[C@@H](C)C(=O)NC(C)(C)C)ccc1Cl. The molecule has 0 radical (unpaired) electrons. The number of carbonyl (C=O) groups is 2. The summed E-state index contributed by atoms with van der Waals surface area (Å²) in [5, 5.41) is 3.58. The number of rotatable bonds is 7. The van der Waals surface area contributed by atoms with Gasteiger partial charge in [0.05, 0.1) is 0 Å². The third-order valence-corrected chi connectivity index (χ3v) is 4.78. The molecule has 0 bridgehead atoms. The van der Waals surface area contributed by atoms with Crippen LogP contribution >= 0.6 is 11.6 Å². The average Bonchev–Trinajstić information content (AvgIpc) is 2.65. The Kier molecular flexibility index (Phi) is 7.68. The van der Waals surface area contributed by atoms with E-state index in [0.29, 0.717) is 17.3 Å². The van der Waals surface area contributed by atoms with Crippen LogP contribution in [0.4, 0.5) is 0 Å². The molecule has 156 valence electrons. The minimum Gasteiger partial charge on any atom is -0.484 e. The molecular weight excluding hydrogens is 388 g/mol. The van der Waals surface area contributed by atoms with Gasteiger partial charge in [0.1, 0.15) is 11.8 Å². The average molecular weight is 417 g/mol. The topological polar surface area (TPSA) is 58.6 Å². The van der Waals surface area contributed by atoms with Crippen LogP contribution in [0, 0.1) is 6.92 Å². The van der Waals surface area contributed by atoms with Crippen LogP contribution in [0.3, 0.4) is 0 Å². The van der Waals surface area contributed by atoms with Crippen LogP contribution in [0.15, 0.2) is 48.5 Å². The molecule has 2 rings (SSSR count). The fourth-order valence-electron chi connectivity index (χ4n) is 2.77. The highest BCUT2D eigenvalue weighted by molar-refractivity contribution is 6.31. The maximum Gasteiger partial charge on any atom is 0.261 e. The first-order valence-corrected chi connectivity index (χ1v) is 9.99. The molecule has 29 heavy (non-hydrogen) atoms. The summed E-state index contributed by atoms with van der Waals surface area (Å²) >= 11 is 6.04. The molecule has 2 aromatic carbocycles. The van der Waals surface area contributed by atoms with Crippen molar-refractivity contribution in [3.05, 3.63) is 64.7 Å². The quantitative estimate of drug-likeness (QED) is 0.729. The van der Waals surface area contributed by atoms with Crippen LogP contribution in [-0.2, 0) is 16.1 Å². The minimum atomic E-state index is -0.641. The number of carbonyl (C=O) groups excluding carboxylic acids is 2. The summed E-state index contributed by atoms with van der Waals surface area (Å²) in [7, 11) is 0. The van der Waals surface area contributed by atoms with Crippen molar-refractivity contribution in [3.8, 4) is 5.75 Å². The molecule has 0 aliphatic rings. The molecule has 1 atom stereocenters. The number of amides is 2. The highest BCUT2D eigenvalue weighted by Crippen LogP contribution is 2.21. The van der Waals surface area contributed by atoms with Crippen LogP contribution in [0.1, 0.15) is 38.8 Å². The fourth-order valence-corrected chi connectivity index (χ4v) is 2.89. The van der Waals surface area contributed by atoms with Gasteiger partial charge in [-0.2, -0.15) is 0 Å². The van der Waals surface area contributed by atoms with Gasteiger partial charge in [0.15, 0.2) is 6.61 Å². The summed E-state index contributed by atoms with van der Waals surface area (Å²) in [6, 6.07) is 14.2. The second-order valence-electron chi connectivity index (χ2n) is 8.12. The molecule has 0 aromatic heterocycles. The van der Waals surface area contributed by atoms with Crippen molar-refractivity contribution in [2.45, 2.75) is 52.7 Å². The van der Waals surface area contributed by atoms with E-state index in [-0.39, 0.29) is 24.0 Å². The summed E-state index contributed by atoms with van der Waals surface area (Å²) in [5.74, 6) is 0.0915. The number of halogens is 1. The van der Waals surface area contributed by atoms with E-state index in [0.717, 1.165) is 11.1 Å². The van der Waals surface area contributed by atoms with E-state index in [4.69, 9.17) is 16.3 Å². The van der Waals surface area contributed by atoms with Gasteiger partial charge >= 0.3 is 0 Å². The largest absolute Gasteiger partial charge is 0.484 e. The van der Waals surface area contributed by atoms with Crippen molar-refractivity contribution in [1.29, 1.82) is 0 Å². The molecule has 0 saturated heterocycles. The van der Waals surface area contributed by atoms with Gasteiger partial charge in [0, 0.05) is 17.1 Å². The van der Waals surface area contributed by atoms with E-state index in [1.54, 1.807) is 30.0 Å². The molecule has 0 unspecified atom stereocenters. The summed E-state index contributed by atoms with van der Waals surface area (Å²) in [4.78, 5) is 27.2. The van der Waals surface area contributed by atoms with Crippen LogP contribution in [0.5, 0.6) is 5.75 Å². The Morgan fingerprint density at radius 1 is 1.14 bits per heavy atom. The molecular formula is C23H29ClN2O3. The van der Waals surface area contributed by atoms with E-state index in [2.05, 4.69) is 5.32 Å². The summed E-state index contributed by atoms with van der Waals surface area (Å²) in [6.07, 6.45) is 0. The lowest BCUT2D eigenvalue weighted by molar-refractivity contribution is -0.142. The van der Waals surface area contributed by atoms with E-state index in [1.807, 2.05) is 58.0 Å². The lowest BCUT2D eigenvalue weighted by atomic mass is 10.1. The van der Waals surface area contributed by atoms with Gasteiger partial charge in [-0.1, -0.05) is 41.9 Å². The summed E-state index contributed by atoms with van der Waals surface area (Å²) in [5.41, 5.74) is 1.43. The summed E-state index contributed by atoms with van der Waals surface area (Å²) in [6.45, 7) is 9.49. The van der Waals surface area contributed by atoms with Gasteiger partial charge in [-0.3, -0.25) is 9.59 Å². The van der Waals surface area contributed by atoms with Gasteiger partial charge in [-0.15, -0.1) is 0 Å². The first kappa shape index (κ1) is 22.8. The van der Waals surface area contributed by atoms with Crippen LogP contribution < -0.4 is 10.1 Å². The number of hydrogen-bond donors (Lipinski definition) is 1. The van der Waals surface area contributed by atoms with Crippen molar-refractivity contribution in [2.75, 3.05) is 6.61 Å². The predicted molar refractivity (Wildman–Crippen MR) is 116 cm³/mol. The van der Waals surface area contributed by atoms with Gasteiger partial charge in [-0.25, -0.2) is 0 Å². The fraction of sp³-hybridized carbons (Fsp3) is 0.391. The number of benzene rings is 2. The molecule has 6 heteroatoms. The first-order chi connectivity index (χ1) is 13.6. The Hall–Kier alpha value is -2.53. The third kappa shape index (κ3) is 7.09. The molecule has 0 fully saturated rings. The number of aryl methyl sites for hydroxylation is 1. The van der Waals surface area contributed by atoms with Gasteiger partial charge in [0.2, 0.25) is 5.91 Å². The molecule has 0 aliphatic heterocycles. The number of nitrogens with one attached hydrogen (secondary N) is 1. The van der Waals surface area contributed by atoms with Crippen molar-refractivity contribution in [3.63, 3.8) is 0 Å². The van der Waals surface area contributed by atoms with Crippen molar-refractivity contribution >= 4 is 23.4 Å². The molecule has 1 N–H and O–H groups in total. The monoisotopic (exact) mass is 416 g/mol. The highest BCUT2D eigenvalue weighted by atomic mass is 35.5. The van der Waals surface area contributed by atoms with E-state index >= 15 is 0 Å². The normalized spacial score (nSPS) is 12.2. The third-order valence-electron chi connectivity index (χ3n) is 4.35. The number of hydrogen-bond acceptors (Lipinski definition) is 3. The zero-order chi connectivity index (χ0) is 21.6. The van der Waals surface area contributed by atoms with Gasteiger partial charge in [0.25, 0.3) is 5.91 Å². The van der Waals surface area contributed by atoms with Crippen molar-refractivity contribution in [2.24, 2.45) is 0 Å². The lowest BCUT2D eigenvalue weighted by Crippen LogP contribution is -2.53. The Morgan fingerprint density at radius 2 is 1.79 bits per heavy atom. The molecule has 0 spiro atoms. The number of nitrogens with zero attached hydrogens (tertiary/aromatic N) is 1. The standard InChI is InChI=1S/C23H29ClN2O3/c1-16-13-19(11-12-20(16)24)29-15-21(27)26(14-18-9-7-6-8-10-18)17(2)22(28)25-23(3,4)5/h6-13,17H,14-15H2,1-5H3,(H,25,28)/t17-/m0/s1. The number of ether oxygens (including phenoxy) is 1. The maximum absolute atomic E-state index is 13.0.